The van der Waals surface area contributed by atoms with Crippen LogP contribution in [0.1, 0.15) is 15.9 Å². The van der Waals surface area contributed by atoms with Crippen molar-refractivity contribution in [3.63, 3.8) is 0 Å². The number of carbonyl (C=O) groups is 1. The Balaban J connectivity index is 1.80. The molecule has 0 fully saturated rings. The van der Waals surface area contributed by atoms with E-state index in [0.717, 1.165) is 4.47 Å². The van der Waals surface area contributed by atoms with Gasteiger partial charge in [0.15, 0.2) is 0 Å². The molecule has 0 saturated heterocycles. The second-order valence-corrected chi connectivity index (χ2v) is 8.40. The van der Waals surface area contributed by atoms with Crippen LogP contribution in [0.5, 0.6) is 11.6 Å². The minimum absolute atomic E-state index is 0.156. The molecule has 144 valence electrons. The molecule has 0 aliphatic carbocycles. The second-order valence-electron chi connectivity index (χ2n) is 5.87. The average molecular weight is 462 g/mol. The number of ether oxygens (including phenoxy) is 1. The predicted molar refractivity (Wildman–Crippen MR) is 110 cm³/mol. The summed E-state index contributed by atoms with van der Waals surface area (Å²) < 4.78 is 29.1. The maximum Gasteiger partial charge on any atom is 0.261 e. The number of halogens is 1. The van der Waals surface area contributed by atoms with Crippen molar-refractivity contribution in [3.8, 4) is 11.6 Å². The van der Waals surface area contributed by atoms with Gasteiger partial charge in [0.2, 0.25) is 15.9 Å². The predicted octanol–water partition coefficient (Wildman–Crippen LogP) is 3.68. The molecule has 0 saturated carbocycles. The van der Waals surface area contributed by atoms with Crippen LogP contribution in [-0.4, -0.2) is 19.3 Å². The Kier molecular flexibility index (Phi) is 6.08. The smallest absolute Gasteiger partial charge is 0.261 e. The lowest BCUT2D eigenvalue weighted by Crippen LogP contribution is -2.16. The molecule has 0 aliphatic rings. The minimum Gasteiger partial charge on any atom is -0.438 e. The van der Waals surface area contributed by atoms with Gasteiger partial charge in [-0.05, 0) is 54.1 Å². The number of hydrogen-bond donors (Lipinski definition) is 2. The number of nitrogens with two attached hydrogens (primary N) is 1. The maximum absolute atomic E-state index is 12.7. The first-order valence-electron chi connectivity index (χ1n) is 8.09. The van der Waals surface area contributed by atoms with Crippen LogP contribution in [0.25, 0.3) is 0 Å². The standard InChI is InChI=1S/C19H16BrN3O4S/c20-14-6-8-16(9-7-14)27-19-17(5-2-10-22-19)18(24)23-15-4-1-3-13(11-15)12-28(21,25)26/h1-11H,12H2,(H,23,24)(H2,21,25,26). The summed E-state index contributed by atoms with van der Waals surface area (Å²) in [4.78, 5) is 16.8. The summed E-state index contributed by atoms with van der Waals surface area (Å²) in [6.45, 7) is 0. The van der Waals surface area contributed by atoms with E-state index in [0.29, 0.717) is 17.0 Å². The molecule has 0 bridgehead atoms. The lowest BCUT2D eigenvalue weighted by Gasteiger charge is -2.11. The summed E-state index contributed by atoms with van der Waals surface area (Å²) >= 11 is 3.35. The highest BCUT2D eigenvalue weighted by Crippen LogP contribution is 2.25. The Morgan fingerprint density at radius 3 is 2.57 bits per heavy atom. The van der Waals surface area contributed by atoms with E-state index in [1.54, 1.807) is 48.5 Å². The molecule has 28 heavy (non-hydrogen) atoms. The van der Waals surface area contributed by atoms with Gasteiger partial charge in [0, 0.05) is 16.4 Å². The number of aromatic nitrogens is 1. The highest BCUT2D eigenvalue weighted by atomic mass is 79.9. The number of rotatable bonds is 6. The van der Waals surface area contributed by atoms with Crippen molar-refractivity contribution in [2.75, 3.05) is 5.32 Å². The van der Waals surface area contributed by atoms with Crippen LogP contribution in [0.3, 0.4) is 0 Å². The fourth-order valence-electron chi connectivity index (χ4n) is 2.43. The molecule has 3 rings (SSSR count). The third-order valence-electron chi connectivity index (χ3n) is 3.60. The molecule has 1 aromatic heterocycles. The number of carbonyl (C=O) groups excluding carboxylic acids is 1. The van der Waals surface area contributed by atoms with Crippen molar-refractivity contribution >= 4 is 37.5 Å². The molecule has 7 nitrogen and oxygen atoms in total. The van der Waals surface area contributed by atoms with Crippen LogP contribution in [0.4, 0.5) is 5.69 Å². The van der Waals surface area contributed by atoms with E-state index in [4.69, 9.17) is 9.88 Å². The van der Waals surface area contributed by atoms with Crippen LogP contribution in [0.15, 0.2) is 71.3 Å². The Labute approximate surface area is 170 Å². The summed E-state index contributed by atoms with van der Waals surface area (Å²) in [5.74, 6) is -0.0660. The van der Waals surface area contributed by atoms with Crippen LogP contribution in [-0.2, 0) is 15.8 Å². The molecule has 3 N–H and O–H groups in total. The molecule has 0 aliphatic heterocycles. The van der Waals surface area contributed by atoms with Gasteiger partial charge in [0.1, 0.15) is 11.3 Å². The number of nitrogens with one attached hydrogen (secondary N) is 1. The fraction of sp³-hybridized carbons (Fsp3) is 0.0526. The van der Waals surface area contributed by atoms with Crippen molar-refractivity contribution in [2.45, 2.75) is 5.75 Å². The number of nitrogens with zero attached hydrogens (tertiary/aromatic N) is 1. The fourth-order valence-corrected chi connectivity index (χ4v) is 3.34. The van der Waals surface area contributed by atoms with E-state index in [9.17, 15) is 13.2 Å². The van der Waals surface area contributed by atoms with E-state index >= 15 is 0 Å². The van der Waals surface area contributed by atoms with Crippen molar-refractivity contribution in [1.82, 2.24) is 4.98 Å². The van der Waals surface area contributed by atoms with Crippen molar-refractivity contribution in [3.05, 3.63) is 82.5 Å². The molecular weight excluding hydrogens is 446 g/mol. The summed E-state index contributed by atoms with van der Waals surface area (Å²) in [5, 5.41) is 7.79. The third kappa shape index (κ3) is 5.62. The zero-order valence-electron chi connectivity index (χ0n) is 14.5. The summed E-state index contributed by atoms with van der Waals surface area (Å²) in [7, 11) is -3.67. The van der Waals surface area contributed by atoms with Crippen molar-refractivity contribution in [1.29, 1.82) is 0 Å². The highest BCUT2D eigenvalue weighted by molar-refractivity contribution is 9.10. The van der Waals surface area contributed by atoms with Crippen LogP contribution >= 0.6 is 15.9 Å². The molecule has 0 unspecified atom stereocenters. The first-order chi connectivity index (χ1) is 13.3. The Bertz CT molecular complexity index is 1100. The van der Waals surface area contributed by atoms with Gasteiger partial charge in [0.25, 0.3) is 5.91 Å². The SMILES string of the molecule is NS(=O)(=O)Cc1cccc(NC(=O)c2cccnc2Oc2ccc(Br)cc2)c1. The average Bonchev–Trinajstić information content (AvgIpc) is 2.63. The number of amides is 1. The van der Waals surface area contributed by atoms with Gasteiger partial charge in [0.05, 0.1) is 5.75 Å². The van der Waals surface area contributed by atoms with E-state index in [2.05, 4.69) is 26.2 Å². The lowest BCUT2D eigenvalue weighted by atomic mass is 10.2. The lowest BCUT2D eigenvalue weighted by molar-refractivity contribution is 0.102. The quantitative estimate of drug-likeness (QED) is 0.581. The molecule has 0 radical (unpaired) electrons. The van der Waals surface area contributed by atoms with Gasteiger partial charge in [-0.25, -0.2) is 18.5 Å². The van der Waals surface area contributed by atoms with Gasteiger partial charge in [-0.1, -0.05) is 28.1 Å². The van der Waals surface area contributed by atoms with Crippen LogP contribution < -0.4 is 15.2 Å². The summed E-state index contributed by atoms with van der Waals surface area (Å²) in [6.07, 6.45) is 1.53. The zero-order valence-corrected chi connectivity index (χ0v) is 16.9. The molecular formula is C19H16BrN3O4S. The molecule has 2 aromatic carbocycles. The monoisotopic (exact) mass is 461 g/mol. The third-order valence-corrected chi connectivity index (χ3v) is 4.86. The van der Waals surface area contributed by atoms with Crippen molar-refractivity contribution < 1.29 is 17.9 Å². The minimum atomic E-state index is -3.67. The normalized spacial score (nSPS) is 11.1. The largest absolute Gasteiger partial charge is 0.438 e. The number of primary sulfonamides is 1. The van der Waals surface area contributed by atoms with Gasteiger partial charge in [-0.2, -0.15) is 0 Å². The van der Waals surface area contributed by atoms with Gasteiger partial charge < -0.3 is 10.1 Å². The van der Waals surface area contributed by atoms with E-state index in [1.807, 2.05) is 12.1 Å². The zero-order chi connectivity index (χ0) is 20.1. The highest BCUT2D eigenvalue weighted by Gasteiger charge is 2.15. The Morgan fingerprint density at radius 1 is 1.11 bits per heavy atom. The molecule has 0 spiro atoms. The van der Waals surface area contributed by atoms with Gasteiger partial charge in [-0.3, -0.25) is 4.79 Å². The maximum atomic E-state index is 12.7. The van der Waals surface area contributed by atoms with Crippen LogP contribution in [0.2, 0.25) is 0 Å². The molecule has 9 heteroatoms. The van der Waals surface area contributed by atoms with E-state index in [1.165, 1.54) is 6.20 Å². The molecule has 1 amide bonds. The van der Waals surface area contributed by atoms with E-state index < -0.39 is 15.9 Å². The number of sulfonamides is 1. The molecule has 0 atom stereocenters. The molecule has 3 aromatic rings. The van der Waals surface area contributed by atoms with Gasteiger partial charge in [-0.15, -0.1) is 0 Å². The Morgan fingerprint density at radius 2 is 1.86 bits per heavy atom. The summed E-state index contributed by atoms with van der Waals surface area (Å²) in [5.41, 5.74) is 1.14. The first kappa shape index (κ1) is 20.0. The summed E-state index contributed by atoms with van der Waals surface area (Å²) in [6, 6.07) is 16.8. The van der Waals surface area contributed by atoms with Crippen LogP contribution in [0, 0.1) is 0 Å². The van der Waals surface area contributed by atoms with Crippen molar-refractivity contribution in [2.24, 2.45) is 5.14 Å². The number of pyridine rings is 1. The number of anilines is 1. The van der Waals surface area contributed by atoms with E-state index in [-0.39, 0.29) is 17.2 Å². The topological polar surface area (TPSA) is 111 Å². The number of benzene rings is 2. The second kappa shape index (κ2) is 8.51. The number of hydrogen-bond acceptors (Lipinski definition) is 5. The molecule has 1 heterocycles. The van der Waals surface area contributed by atoms with Gasteiger partial charge >= 0.3 is 0 Å². The Hall–Kier alpha value is -2.75. The first-order valence-corrected chi connectivity index (χ1v) is 10.6.